The number of nitrogen functional groups attached to an aromatic ring is 1. The molecule has 8 nitrogen and oxygen atoms in total. The summed E-state index contributed by atoms with van der Waals surface area (Å²) >= 11 is 0. The minimum Gasteiger partial charge on any atom is -0.384 e. The van der Waals surface area contributed by atoms with Gasteiger partial charge >= 0.3 is 11.9 Å². The topological polar surface area (TPSA) is 93.6 Å². The highest BCUT2D eigenvalue weighted by Crippen LogP contribution is 2.29. The maximum atomic E-state index is 13.0. The van der Waals surface area contributed by atoms with Crippen molar-refractivity contribution >= 4 is 11.6 Å². The predicted molar refractivity (Wildman–Crippen MR) is 123 cm³/mol. The van der Waals surface area contributed by atoms with Crippen molar-refractivity contribution in [3.05, 3.63) is 61.8 Å². The van der Waals surface area contributed by atoms with Gasteiger partial charge in [-0.3, -0.25) is 28.5 Å². The predicted octanol–water partition coefficient (Wildman–Crippen LogP) is 1.95. The summed E-state index contributed by atoms with van der Waals surface area (Å²) in [5.74, 6) is -0.530. The molecule has 0 unspecified atom stereocenters. The molecule has 11 heteroatoms. The molecule has 186 valence electrons. The molecule has 0 bridgehead atoms. The van der Waals surface area contributed by atoms with Crippen LogP contribution in [-0.2, 0) is 26.3 Å². The Morgan fingerprint density at radius 1 is 1.03 bits per heavy atom. The molecular weight excluding hydrogens is 451 g/mol. The molecule has 2 N–H and O–H groups in total. The van der Waals surface area contributed by atoms with Crippen LogP contribution in [-0.4, -0.2) is 57.4 Å². The van der Waals surface area contributed by atoms with Crippen LogP contribution in [0.25, 0.3) is 0 Å². The van der Waals surface area contributed by atoms with Crippen molar-refractivity contribution in [3.63, 3.8) is 0 Å². The lowest BCUT2D eigenvalue weighted by atomic mass is 10.1. The molecule has 1 fully saturated rings. The number of nitrogens with zero attached hydrogens (tertiary/aromatic N) is 4. The van der Waals surface area contributed by atoms with E-state index in [1.807, 2.05) is 11.8 Å². The van der Waals surface area contributed by atoms with Gasteiger partial charge in [0, 0.05) is 33.2 Å². The normalized spacial score (nSPS) is 15.9. The van der Waals surface area contributed by atoms with Gasteiger partial charge in [0.2, 0.25) is 0 Å². The van der Waals surface area contributed by atoms with Crippen LogP contribution < -0.4 is 17.0 Å². The number of rotatable bonds is 7. The second-order valence-corrected chi connectivity index (χ2v) is 8.58. The van der Waals surface area contributed by atoms with Crippen LogP contribution in [0.2, 0.25) is 0 Å². The smallest absolute Gasteiger partial charge is 0.384 e. The van der Waals surface area contributed by atoms with Gasteiger partial charge in [-0.15, -0.1) is 0 Å². The zero-order valence-electron chi connectivity index (χ0n) is 19.4. The SMILES string of the molecule is CCCn1c(N)c(C(=O)CN2CCCN(Cc3ccc(C(F)(F)F)cc3)CC2)c(=O)n(C)c1=O. The van der Waals surface area contributed by atoms with Crippen molar-refractivity contribution in [2.45, 2.75) is 39.0 Å². The maximum Gasteiger partial charge on any atom is 0.416 e. The van der Waals surface area contributed by atoms with Crippen molar-refractivity contribution in [2.75, 3.05) is 38.5 Å². The molecule has 3 rings (SSSR count). The summed E-state index contributed by atoms with van der Waals surface area (Å²) in [6, 6.07) is 5.14. The molecule has 0 saturated carbocycles. The highest BCUT2D eigenvalue weighted by atomic mass is 19.4. The Bertz CT molecular complexity index is 1140. The number of carbonyl (C=O) groups is 1. The average molecular weight is 482 g/mol. The monoisotopic (exact) mass is 481 g/mol. The third-order valence-corrected chi connectivity index (χ3v) is 6.05. The molecule has 1 aromatic carbocycles. The van der Waals surface area contributed by atoms with Crippen molar-refractivity contribution in [2.24, 2.45) is 7.05 Å². The first-order chi connectivity index (χ1) is 16.0. The number of anilines is 1. The summed E-state index contributed by atoms with van der Waals surface area (Å²) in [4.78, 5) is 42.0. The lowest BCUT2D eigenvalue weighted by molar-refractivity contribution is -0.137. The molecule has 1 aromatic heterocycles. The lowest BCUT2D eigenvalue weighted by Crippen LogP contribution is -2.44. The van der Waals surface area contributed by atoms with Gasteiger partial charge in [0.05, 0.1) is 12.1 Å². The number of hydrogen-bond donors (Lipinski definition) is 1. The standard InChI is InChI=1S/C23H30F3N5O3/c1-3-9-31-20(27)19(21(33)28(2)22(31)34)18(32)15-30-11-4-10-29(12-13-30)14-16-5-7-17(8-6-16)23(24,25)26/h5-8H,3-4,9-15,27H2,1-2H3. The van der Waals surface area contributed by atoms with E-state index in [9.17, 15) is 27.6 Å². The van der Waals surface area contributed by atoms with Crippen LogP contribution in [0.1, 0.15) is 41.3 Å². The third-order valence-electron chi connectivity index (χ3n) is 6.05. The van der Waals surface area contributed by atoms with E-state index >= 15 is 0 Å². The quantitative estimate of drug-likeness (QED) is 0.608. The average Bonchev–Trinajstić information content (AvgIpc) is 3.00. The second kappa shape index (κ2) is 10.6. The fraction of sp³-hybridized carbons (Fsp3) is 0.522. The molecular formula is C23H30F3N5O3. The zero-order valence-corrected chi connectivity index (χ0v) is 19.4. The van der Waals surface area contributed by atoms with Gasteiger partial charge in [-0.05, 0) is 43.6 Å². The lowest BCUT2D eigenvalue weighted by Gasteiger charge is -2.22. The molecule has 0 spiro atoms. The second-order valence-electron chi connectivity index (χ2n) is 8.58. The Morgan fingerprint density at radius 3 is 2.26 bits per heavy atom. The number of Topliss-reactive ketones (excluding diaryl/α,β-unsaturated/α-hetero) is 1. The molecule has 1 aliphatic rings. The van der Waals surface area contributed by atoms with Crippen LogP contribution in [0.15, 0.2) is 33.9 Å². The van der Waals surface area contributed by atoms with Gasteiger partial charge in [0.1, 0.15) is 11.4 Å². The van der Waals surface area contributed by atoms with Crippen molar-refractivity contribution in [1.82, 2.24) is 18.9 Å². The van der Waals surface area contributed by atoms with Gasteiger partial charge in [0.15, 0.2) is 5.78 Å². The first-order valence-electron chi connectivity index (χ1n) is 11.3. The summed E-state index contributed by atoms with van der Waals surface area (Å²) in [5.41, 5.74) is 4.76. The number of aromatic nitrogens is 2. The Morgan fingerprint density at radius 2 is 1.65 bits per heavy atom. The molecule has 2 heterocycles. The minimum atomic E-state index is -4.36. The molecule has 0 atom stereocenters. The van der Waals surface area contributed by atoms with Gasteiger partial charge in [-0.2, -0.15) is 13.2 Å². The summed E-state index contributed by atoms with van der Waals surface area (Å²) in [5, 5.41) is 0. The van der Waals surface area contributed by atoms with Gasteiger partial charge < -0.3 is 5.73 Å². The Kier molecular flexibility index (Phi) is 7.98. The highest BCUT2D eigenvalue weighted by molar-refractivity contribution is 6.01. The number of halogens is 3. The molecule has 0 amide bonds. The first-order valence-corrected chi connectivity index (χ1v) is 11.3. The van der Waals surface area contributed by atoms with E-state index in [0.29, 0.717) is 39.1 Å². The van der Waals surface area contributed by atoms with E-state index in [1.165, 1.54) is 23.7 Å². The van der Waals surface area contributed by atoms with Crippen LogP contribution in [0.3, 0.4) is 0 Å². The molecule has 1 aliphatic heterocycles. The van der Waals surface area contributed by atoms with Crippen molar-refractivity contribution < 1.29 is 18.0 Å². The fourth-order valence-electron chi connectivity index (χ4n) is 4.17. The molecule has 0 radical (unpaired) electrons. The number of alkyl halides is 3. The van der Waals surface area contributed by atoms with Gasteiger partial charge in [-0.1, -0.05) is 19.1 Å². The number of hydrogen-bond acceptors (Lipinski definition) is 6. The van der Waals surface area contributed by atoms with E-state index in [4.69, 9.17) is 5.73 Å². The van der Waals surface area contributed by atoms with E-state index in [2.05, 4.69) is 4.90 Å². The Hall–Kier alpha value is -2.92. The molecule has 2 aromatic rings. The van der Waals surface area contributed by atoms with Crippen molar-refractivity contribution in [1.29, 1.82) is 0 Å². The summed E-state index contributed by atoms with van der Waals surface area (Å²) in [6.07, 6.45) is -2.98. The van der Waals surface area contributed by atoms with Crippen molar-refractivity contribution in [3.8, 4) is 0 Å². The van der Waals surface area contributed by atoms with E-state index < -0.39 is 28.8 Å². The minimum absolute atomic E-state index is 0.00209. The van der Waals surface area contributed by atoms with Gasteiger partial charge in [-0.25, -0.2) is 4.79 Å². The summed E-state index contributed by atoms with van der Waals surface area (Å²) in [6.45, 7) is 5.22. The van der Waals surface area contributed by atoms with E-state index in [0.717, 1.165) is 35.2 Å². The Balaban J connectivity index is 1.66. The number of benzene rings is 1. The van der Waals surface area contributed by atoms with Crippen LogP contribution >= 0.6 is 0 Å². The maximum absolute atomic E-state index is 13.0. The van der Waals surface area contributed by atoms with Crippen LogP contribution in [0.4, 0.5) is 19.0 Å². The fourth-order valence-corrected chi connectivity index (χ4v) is 4.17. The van der Waals surface area contributed by atoms with Gasteiger partial charge in [0.25, 0.3) is 5.56 Å². The molecule has 0 aliphatic carbocycles. The van der Waals surface area contributed by atoms with E-state index in [1.54, 1.807) is 0 Å². The number of ketones is 1. The Labute approximate surface area is 195 Å². The number of carbonyl (C=O) groups excluding carboxylic acids is 1. The first kappa shape index (κ1) is 25.7. The van der Waals surface area contributed by atoms with Crippen LogP contribution in [0, 0.1) is 0 Å². The van der Waals surface area contributed by atoms with E-state index in [-0.39, 0.29) is 17.9 Å². The third kappa shape index (κ3) is 5.76. The molecule has 34 heavy (non-hydrogen) atoms. The largest absolute Gasteiger partial charge is 0.416 e. The number of nitrogens with two attached hydrogens (primary N) is 1. The zero-order chi connectivity index (χ0) is 25.0. The van der Waals surface area contributed by atoms with Crippen LogP contribution in [0.5, 0.6) is 0 Å². The summed E-state index contributed by atoms with van der Waals surface area (Å²) < 4.78 is 40.5. The summed E-state index contributed by atoms with van der Waals surface area (Å²) in [7, 11) is 1.33. The molecule has 1 saturated heterocycles. The highest BCUT2D eigenvalue weighted by Gasteiger charge is 2.30.